The minimum Gasteiger partial charge on any atom is -0.405 e. The van der Waals surface area contributed by atoms with Gasteiger partial charge in [0, 0.05) is 57.9 Å². The minimum absolute atomic E-state index is 0.116. The topological polar surface area (TPSA) is 124 Å². The molecule has 0 aromatic rings. The van der Waals surface area contributed by atoms with Gasteiger partial charge in [0.1, 0.15) is 5.76 Å². The van der Waals surface area contributed by atoms with Crippen molar-refractivity contribution in [1.82, 2.24) is 9.80 Å². The Morgan fingerprint density at radius 1 is 0.590 bits per heavy atom. The zero-order chi connectivity index (χ0) is 45.3. The van der Waals surface area contributed by atoms with E-state index in [9.17, 15) is 21.6 Å². The molecule has 61 heavy (non-hydrogen) atoms. The predicted octanol–water partition coefficient (Wildman–Crippen LogP) is 7.08. The normalized spacial score (nSPS) is 30.2. The summed E-state index contributed by atoms with van der Waals surface area (Å²) in [5.41, 5.74) is -5.96. The maximum Gasteiger partial charge on any atom is 0.534 e. The van der Waals surface area contributed by atoms with Crippen molar-refractivity contribution in [1.29, 1.82) is 0 Å². The number of hydrogen-bond donors (Lipinski definition) is 0. The highest BCUT2D eigenvalue weighted by Crippen LogP contribution is 2.44. The molecule has 0 aromatic carbocycles. The van der Waals surface area contributed by atoms with Crippen LogP contribution in [0.1, 0.15) is 134 Å². The lowest BCUT2D eigenvalue weighted by molar-refractivity contribution is -0.0525. The standard InChI is InChI=1S/C17H30BNO3.C12H24B2O4.C12H18F3NO4S/c1-16(2)17(3,4)22-18(21-16)14-6-8-15(9-7-14)19-10-5-12-20-13-11-19;1-9(2)10(3,4)16-13(15-9)14-17-11(5,6)12(7,8)18-14;13-12(14,15)21(17,18)20-11-4-2-10(3-5-11)16-6-1-8-19-9-7-16/h6,15H,5,7-13H2,1-4H3;1-8H3;4,10H,1-3,5-9H2. The third kappa shape index (κ3) is 12.4. The molecule has 0 spiro atoms. The van der Waals surface area contributed by atoms with Gasteiger partial charge in [0.15, 0.2) is 0 Å². The van der Waals surface area contributed by atoms with Gasteiger partial charge in [-0.2, -0.15) is 21.6 Å². The van der Waals surface area contributed by atoms with Gasteiger partial charge in [-0.25, -0.2) is 0 Å². The summed E-state index contributed by atoms with van der Waals surface area (Å²) < 4.78 is 110. The van der Waals surface area contributed by atoms with E-state index >= 15 is 0 Å². The van der Waals surface area contributed by atoms with Crippen molar-refractivity contribution in [2.45, 2.75) is 186 Å². The Balaban J connectivity index is 0.000000174. The number of halogens is 3. The molecule has 7 rings (SSSR count). The number of hydrogen-bond acceptors (Lipinski definition) is 13. The lowest BCUT2D eigenvalue weighted by atomic mass is 9.49. The van der Waals surface area contributed by atoms with Crippen molar-refractivity contribution < 1.29 is 63.2 Å². The number of nitrogens with zero attached hydrogens (tertiary/aromatic N) is 2. The van der Waals surface area contributed by atoms with E-state index in [0.717, 1.165) is 65.1 Å². The highest BCUT2D eigenvalue weighted by molar-refractivity contribution is 7.87. The molecule has 0 radical (unpaired) electrons. The van der Waals surface area contributed by atoms with Crippen molar-refractivity contribution in [2.24, 2.45) is 0 Å². The lowest BCUT2D eigenvalue weighted by Crippen LogP contribution is -2.41. The van der Waals surface area contributed by atoms with Gasteiger partial charge in [-0.3, -0.25) is 9.80 Å². The van der Waals surface area contributed by atoms with Gasteiger partial charge in [0.25, 0.3) is 0 Å². The summed E-state index contributed by atoms with van der Waals surface area (Å²) in [6.07, 6.45) is 10.6. The molecular formula is C41H72B3F3N2O11S. The van der Waals surface area contributed by atoms with Crippen LogP contribution in [-0.2, 0) is 51.7 Å². The number of allylic oxidation sites excluding steroid dienone is 2. The maximum absolute atomic E-state index is 12.2. The Morgan fingerprint density at radius 2 is 0.984 bits per heavy atom. The smallest absolute Gasteiger partial charge is 0.405 e. The number of rotatable bonds is 6. The van der Waals surface area contributed by atoms with Crippen molar-refractivity contribution in [3.05, 3.63) is 23.4 Å². The second-order valence-electron chi connectivity index (χ2n) is 20.1. The van der Waals surface area contributed by atoms with E-state index in [0.29, 0.717) is 25.5 Å². The first-order chi connectivity index (χ1) is 28.1. The molecule has 7 aliphatic rings. The highest BCUT2D eigenvalue weighted by Gasteiger charge is 2.64. The predicted molar refractivity (Wildman–Crippen MR) is 230 cm³/mol. The molecular weight excluding hydrogens is 818 g/mol. The summed E-state index contributed by atoms with van der Waals surface area (Å²) in [6.45, 7) is 31.8. The van der Waals surface area contributed by atoms with Gasteiger partial charge in [-0.15, -0.1) is 0 Å². The van der Waals surface area contributed by atoms with Crippen LogP contribution in [0, 0.1) is 0 Å². The fourth-order valence-electron chi connectivity index (χ4n) is 8.03. The fraction of sp³-hybridized carbons (Fsp3) is 0.902. The molecule has 0 bridgehead atoms. The molecule has 348 valence electrons. The second kappa shape index (κ2) is 19.3. The lowest BCUT2D eigenvalue weighted by Gasteiger charge is -2.32. The summed E-state index contributed by atoms with van der Waals surface area (Å²) in [4.78, 5) is 4.84. The fourth-order valence-corrected chi connectivity index (χ4v) is 8.56. The van der Waals surface area contributed by atoms with Crippen LogP contribution in [-0.4, -0.2) is 143 Å². The average Bonchev–Trinajstić information content (AvgIpc) is 3.41. The molecule has 0 saturated carbocycles. The van der Waals surface area contributed by atoms with Crippen LogP contribution in [0.3, 0.4) is 0 Å². The highest BCUT2D eigenvalue weighted by atomic mass is 32.2. The maximum atomic E-state index is 12.2. The Bertz CT molecular complexity index is 1560. The zero-order valence-electron chi connectivity index (χ0n) is 38.8. The molecule has 13 nitrogen and oxygen atoms in total. The van der Waals surface area contributed by atoms with E-state index < -0.39 is 29.6 Å². The molecule has 5 heterocycles. The minimum atomic E-state index is -5.55. The molecule has 5 fully saturated rings. The summed E-state index contributed by atoms with van der Waals surface area (Å²) in [5.74, 6) is -0.116. The Morgan fingerprint density at radius 3 is 1.34 bits per heavy atom. The summed E-state index contributed by atoms with van der Waals surface area (Å²) in [7, 11) is -6.65. The van der Waals surface area contributed by atoms with E-state index in [-0.39, 0.29) is 58.9 Å². The van der Waals surface area contributed by atoms with Crippen LogP contribution in [0.25, 0.3) is 0 Å². The third-order valence-corrected chi connectivity index (χ3v) is 15.1. The zero-order valence-corrected chi connectivity index (χ0v) is 39.6. The van der Waals surface area contributed by atoms with Crippen molar-refractivity contribution in [3.63, 3.8) is 0 Å². The Hall–Kier alpha value is -1.19. The first-order valence-electron chi connectivity index (χ1n) is 22.2. The first-order valence-corrected chi connectivity index (χ1v) is 23.6. The van der Waals surface area contributed by atoms with Crippen LogP contribution >= 0.6 is 0 Å². The summed E-state index contributed by atoms with van der Waals surface area (Å²) in [6, 6.07) is 0.862. The van der Waals surface area contributed by atoms with E-state index in [1.54, 1.807) is 0 Å². The first kappa shape index (κ1) is 50.8. The number of ether oxygens (including phenoxy) is 2. The largest absolute Gasteiger partial charge is 0.534 e. The quantitative estimate of drug-likeness (QED) is 0.154. The molecule has 0 aromatic heterocycles. The monoisotopic (exact) mass is 891 g/mol. The summed E-state index contributed by atoms with van der Waals surface area (Å²) in [5, 5.41) is 0. The molecule has 0 amide bonds. The van der Waals surface area contributed by atoms with Crippen LogP contribution in [0.5, 0.6) is 0 Å². The van der Waals surface area contributed by atoms with Crippen LogP contribution in [0.4, 0.5) is 13.2 Å². The van der Waals surface area contributed by atoms with Crippen molar-refractivity contribution in [2.75, 3.05) is 52.6 Å². The van der Waals surface area contributed by atoms with Gasteiger partial charge in [0.05, 0.1) is 46.8 Å². The van der Waals surface area contributed by atoms with E-state index in [1.165, 1.54) is 24.5 Å². The van der Waals surface area contributed by atoms with Gasteiger partial charge in [0.2, 0.25) is 0 Å². The second-order valence-corrected chi connectivity index (χ2v) is 21.7. The number of alkyl halides is 3. The van der Waals surface area contributed by atoms with Crippen molar-refractivity contribution in [3.8, 4) is 0 Å². The van der Waals surface area contributed by atoms with E-state index in [4.69, 9.17) is 37.4 Å². The molecule has 2 unspecified atom stereocenters. The molecule has 5 saturated heterocycles. The van der Waals surface area contributed by atoms with Crippen LogP contribution in [0.15, 0.2) is 23.4 Å². The molecule has 2 aliphatic carbocycles. The SMILES string of the molecule is CC1(C)OB(B2OC(C)(C)C(C)(C)O2)OC1(C)C.CC1(C)OB(C2=CCC(N3CCCOCC3)CC2)OC1(C)C.O=S(=O)(OC1=CCC(N2CCCOCC2)CC1)C(F)(F)F. The summed E-state index contributed by atoms with van der Waals surface area (Å²) >= 11 is 0. The van der Waals surface area contributed by atoms with E-state index in [2.05, 4.69) is 47.8 Å². The van der Waals surface area contributed by atoms with Gasteiger partial charge < -0.3 is 41.6 Å². The molecule has 20 heteroatoms. The van der Waals surface area contributed by atoms with Gasteiger partial charge in [-0.1, -0.05) is 6.08 Å². The third-order valence-electron chi connectivity index (χ3n) is 14.1. The van der Waals surface area contributed by atoms with Crippen LogP contribution < -0.4 is 0 Å². The average molecular weight is 891 g/mol. The van der Waals surface area contributed by atoms with Gasteiger partial charge >= 0.3 is 36.8 Å². The Kier molecular flexibility index (Phi) is 16.1. The molecule has 2 atom stereocenters. The van der Waals surface area contributed by atoms with Crippen molar-refractivity contribution >= 4 is 31.3 Å². The van der Waals surface area contributed by atoms with E-state index in [1.807, 2.05) is 55.4 Å². The molecule has 5 aliphatic heterocycles. The van der Waals surface area contributed by atoms with Crippen LogP contribution in [0.2, 0.25) is 0 Å². The Labute approximate surface area is 364 Å². The van der Waals surface area contributed by atoms with Gasteiger partial charge in [-0.05, 0) is 140 Å². The molecule has 0 N–H and O–H groups in total.